The summed E-state index contributed by atoms with van der Waals surface area (Å²) in [5, 5.41) is 4.71. The predicted octanol–water partition coefficient (Wildman–Crippen LogP) is 1.87. The Morgan fingerprint density at radius 3 is 2.83 bits per heavy atom. The summed E-state index contributed by atoms with van der Waals surface area (Å²) >= 11 is 6.21. The zero-order valence-electron chi connectivity index (χ0n) is 9.88. The number of hydrogen-bond donors (Lipinski definition) is 2. The van der Waals surface area contributed by atoms with E-state index in [0.29, 0.717) is 15.4 Å². The van der Waals surface area contributed by atoms with Crippen molar-refractivity contribution < 1.29 is 8.42 Å². The molecule has 0 amide bonds. The second-order valence-corrected chi connectivity index (χ2v) is 6.97. The van der Waals surface area contributed by atoms with Gasteiger partial charge in [0.1, 0.15) is 0 Å². The molecule has 0 spiro atoms. The lowest BCUT2D eigenvalue weighted by Crippen LogP contribution is -2.22. The minimum absolute atomic E-state index is 0.316. The molecule has 2 heterocycles. The van der Waals surface area contributed by atoms with Crippen molar-refractivity contribution in [3.63, 3.8) is 0 Å². The molecule has 2 N–H and O–H groups in total. The van der Waals surface area contributed by atoms with E-state index in [1.807, 2.05) is 0 Å². The third-order valence-corrected chi connectivity index (χ3v) is 4.77. The van der Waals surface area contributed by atoms with Crippen molar-refractivity contribution in [2.45, 2.75) is 17.9 Å². The van der Waals surface area contributed by atoms with Crippen LogP contribution in [0.3, 0.4) is 0 Å². The van der Waals surface area contributed by atoms with Gasteiger partial charge in [0.2, 0.25) is 0 Å². The number of sulfone groups is 1. The van der Waals surface area contributed by atoms with Crippen LogP contribution in [0.4, 0.5) is 0 Å². The van der Waals surface area contributed by atoms with Crippen LogP contribution < -0.4 is 5.32 Å². The molecule has 96 valence electrons. The molecule has 1 aliphatic heterocycles. The minimum atomic E-state index is -3.26. The summed E-state index contributed by atoms with van der Waals surface area (Å²) in [6, 6.07) is 3.22. The van der Waals surface area contributed by atoms with Crippen LogP contribution in [0.15, 0.2) is 17.0 Å². The molecule has 1 aliphatic rings. The van der Waals surface area contributed by atoms with Crippen LogP contribution in [0.1, 0.15) is 11.3 Å². The number of rotatable bonds is 1. The van der Waals surface area contributed by atoms with Gasteiger partial charge in [-0.2, -0.15) is 0 Å². The SMILES string of the molecule is CS(=O)(=O)c1ccc(Cl)c2c3c([nH]c12)CCNC3. The number of H-pyrrole nitrogens is 1. The zero-order chi connectivity index (χ0) is 12.9. The Morgan fingerprint density at radius 2 is 2.11 bits per heavy atom. The maximum Gasteiger partial charge on any atom is 0.177 e. The van der Waals surface area contributed by atoms with Crippen molar-refractivity contribution in [1.29, 1.82) is 0 Å². The third-order valence-electron chi connectivity index (χ3n) is 3.31. The molecular formula is C12H13ClN2O2S. The molecule has 0 radical (unpaired) electrons. The van der Waals surface area contributed by atoms with E-state index in [-0.39, 0.29) is 0 Å². The number of halogens is 1. The highest BCUT2D eigenvalue weighted by molar-refractivity contribution is 7.91. The van der Waals surface area contributed by atoms with Crippen LogP contribution >= 0.6 is 11.6 Å². The fourth-order valence-corrected chi connectivity index (χ4v) is 3.61. The number of fused-ring (bicyclic) bond motifs is 3. The van der Waals surface area contributed by atoms with E-state index in [4.69, 9.17) is 11.6 Å². The molecule has 0 atom stereocenters. The molecule has 18 heavy (non-hydrogen) atoms. The number of nitrogens with one attached hydrogen (secondary N) is 2. The topological polar surface area (TPSA) is 62.0 Å². The smallest absolute Gasteiger partial charge is 0.177 e. The quantitative estimate of drug-likeness (QED) is 0.840. The highest BCUT2D eigenvalue weighted by Crippen LogP contribution is 2.34. The van der Waals surface area contributed by atoms with Crippen molar-refractivity contribution in [3.05, 3.63) is 28.4 Å². The van der Waals surface area contributed by atoms with Gasteiger partial charge in [0, 0.05) is 36.8 Å². The summed E-state index contributed by atoms with van der Waals surface area (Å²) in [6.45, 7) is 1.62. The first-order valence-electron chi connectivity index (χ1n) is 5.71. The summed E-state index contributed by atoms with van der Waals surface area (Å²) in [6.07, 6.45) is 2.08. The largest absolute Gasteiger partial charge is 0.357 e. The van der Waals surface area contributed by atoms with E-state index in [2.05, 4.69) is 10.3 Å². The lowest BCUT2D eigenvalue weighted by molar-refractivity contribution is 0.602. The molecule has 0 fully saturated rings. The lowest BCUT2D eigenvalue weighted by atomic mass is 10.1. The molecule has 0 saturated heterocycles. The van der Waals surface area contributed by atoms with Gasteiger partial charge in [-0.1, -0.05) is 11.6 Å². The normalized spacial score (nSPS) is 15.9. The Hall–Kier alpha value is -1.04. The molecule has 0 unspecified atom stereocenters. The average Bonchev–Trinajstić information content (AvgIpc) is 2.67. The van der Waals surface area contributed by atoms with Gasteiger partial charge < -0.3 is 10.3 Å². The second-order valence-electron chi connectivity index (χ2n) is 4.58. The summed E-state index contributed by atoms with van der Waals surface area (Å²) < 4.78 is 23.6. The van der Waals surface area contributed by atoms with Gasteiger partial charge in [0.15, 0.2) is 9.84 Å². The molecule has 1 aromatic carbocycles. The van der Waals surface area contributed by atoms with E-state index in [0.717, 1.165) is 36.2 Å². The molecular weight excluding hydrogens is 272 g/mol. The second kappa shape index (κ2) is 3.98. The van der Waals surface area contributed by atoms with E-state index in [9.17, 15) is 8.42 Å². The fourth-order valence-electron chi connectivity index (χ4n) is 2.50. The fraction of sp³-hybridized carbons (Fsp3) is 0.333. The highest BCUT2D eigenvalue weighted by atomic mass is 35.5. The summed E-state index contributed by atoms with van der Waals surface area (Å²) in [7, 11) is -3.26. The molecule has 6 heteroatoms. The van der Waals surface area contributed by atoms with Crippen LogP contribution in [0.25, 0.3) is 10.9 Å². The zero-order valence-corrected chi connectivity index (χ0v) is 11.5. The van der Waals surface area contributed by atoms with E-state index in [1.54, 1.807) is 12.1 Å². The molecule has 2 aromatic rings. The maximum absolute atomic E-state index is 11.8. The lowest BCUT2D eigenvalue weighted by Gasteiger charge is -2.12. The molecule has 3 rings (SSSR count). The van der Waals surface area contributed by atoms with Gasteiger partial charge in [-0.3, -0.25) is 0 Å². The Kier molecular flexibility index (Phi) is 2.66. The third kappa shape index (κ3) is 1.74. The number of benzene rings is 1. The van der Waals surface area contributed by atoms with Gasteiger partial charge in [0.25, 0.3) is 0 Å². The number of aromatic amines is 1. The summed E-state index contributed by atoms with van der Waals surface area (Å²) in [4.78, 5) is 3.54. The first kappa shape index (κ1) is 12.0. The van der Waals surface area contributed by atoms with Crippen LogP contribution in [-0.4, -0.2) is 26.2 Å². The van der Waals surface area contributed by atoms with Crippen molar-refractivity contribution >= 4 is 32.3 Å². The summed E-state index contributed by atoms with van der Waals surface area (Å²) in [5.74, 6) is 0. The first-order valence-corrected chi connectivity index (χ1v) is 7.98. The summed E-state index contributed by atoms with van der Waals surface area (Å²) in [5.41, 5.74) is 2.81. The monoisotopic (exact) mass is 284 g/mol. The van der Waals surface area contributed by atoms with Crippen LogP contribution in [0.5, 0.6) is 0 Å². The van der Waals surface area contributed by atoms with E-state index in [1.165, 1.54) is 6.26 Å². The Bertz CT molecular complexity index is 734. The highest BCUT2D eigenvalue weighted by Gasteiger charge is 2.22. The van der Waals surface area contributed by atoms with Gasteiger partial charge in [-0.15, -0.1) is 0 Å². The van der Waals surface area contributed by atoms with Crippen molar-refractivity contribution in [2.24, 2.45) is 0 Å². The first-order chi connectivity index (χ1) is 8.48. The van der Waals surface area contributed by atoms with Gasteiger partial charge in [-0.25, -0.2) is 8.42 Å². The molecule has 0 aliphatic carbocycles. The molecule has 0 bridgehead atoms. The van der Waals surface area contributed by atoms with Gasteiger partial charge >= 0.3 is 0 Å². The van der Waals surface area contributed by atoms with Gasteiger partial charge in [0.05, 0.1) is 15.4 Å². The van der Waals surface area contributed by atoms with Crippen molar-refractivity contribution in [1.82, 2.24) is 10.3 Å². The van der Waals surface area contributed by atoms with Crippen LogP contribution in [0, 0.1) is 0 Å². The van der Waals surface area contributed by atoms with Crippen LogP contribution in [-0.2, 0) is 22.8 Å². The minimum Gasteiger partial charge on any atom is -0.357 e. The number of hydrogen-bond acceptors (Lipinski definition) is 3. The van der Waals surface area contributed by atoms with E-state index < -0.39 is 9.84 Å². The molecule has 4 nitrogen and oxygen atoms in total. The predicted molar refractivity (Wildman–Crippen MR) is 71.8 cm³/mol. The maximum atomic E-state index is 11.8. The van der Waals surface area contributed by atoms with E-state index >= 15 is 0 Å². The standard InChI is InChI=1S/C12H13ClN2O2S/c1-18(16,17)10-3-2-8(13)11-7-6-14-5-4-9(7)15-12(10)11/h2-3,14-15H,4-6H2,1H3. The Labute approximate surface area is 110 Å². The molecule has 0 saturated carbocycles. The van der Waals surface area contributed by atoms with Crippen LogP contribution in [0.2, 0.25) is 5.02 Å². The average molecular weight is 285 g/mol. The number of aromatic nitrogens is 1. The Morgan fingerprint density at radius 1 is 1.33 bits per heavy atom. The van der Waals surface area contributed by atoms with Crippen molar-refractivity contribution in [3.8, 4) is 0 Å². The van der Waals surface area contributed by atoms with Gasteiger partial charge in [-0.05, 0) is 17.7 Å². The van der Waals surface area contributed by atoms with Crippen molar-refractivity contribution in [2.75, 3.05) is 12.8 Å². The Balaban J connectivity index is 2.43. The molecule has 1 aromatic heterocycles.